The number of hydrogen-bond acceptors (Lipinski definition) is 2. The average Bonchev–Trinajstić information content (AvgIpc) is 3.17. The first-order valence-corrected chi connectivity index (χ1v) is 25.4. The van der Waals surface area contributed by atoms with Crippen molar-refractivity contribution in [3.63, 3.8) is 0 Å². The van der Waals surface area contributed by atoms with Crippen LogP contribution in [0.15, 0.2) is 24.3 Å². The summed E-state index contributed by atoms with van der Waals surface area (Å²) in [6.07, 6.45) is 38.2. The average molecular weight is 820 g/mol. The molecule has 0 saturated carbocycles. The molecule has 0 atom stereocenters. The molecule has 1 amide bonds. The van der Waals surface area contributed by atoms with Gasteiger partial charge in [-0.2, -0.15) is 4.57 Å². The van der Waals surface area contributed by atoms with Gasteiger partial charge < -0.3 is 9.64 Å². The molecule has 59 heavy (non-hydrogen) atoms. The van der Waals surface area contributed by atoms with E-state index in [2.05, 4.69) is 74.9 Å². The van der Waals surface area contributed by atoms with E-state index in [9.17, 15) is 4.79 Å². The Hall–Kier alpha value is -2.43. The lowest BCUT2D eigenvalue weighted by Crippen LogP contribution is -2.44. The first-order valence-electron chi connectivity index (χ1n) is 25.4. The summed E-state index contributed by atoms with van der Waals surface area (Å²) in [7, 11) is 0. The molecule has 0 aliphatic carbocycles. The van der Waals surface area contributed by atoms with Crippen LogP contribution in [0, 0.1) is 27.7 Å². The zero-order valence-corrected chi connectivity index (χ0v) is 40.8. The summed E-state index contributed by atoms with van der Waals surface area (Å²) in [5.41, 5.74) is 7.81. The van der Waals surface area contributed by atoms with Crippen LogP contribution in [0.5, 0.6) is 0 Å². The molecule has 0 N–H and O–H groups in total. The van der Waals surface area contributed by atoms with Gasteiger partial charge in [-0.3, -0.25) is 0 Å². The van der Waals surface area contributed by atoms with Gasteiger partial charge >= 0.3 is 6.09 Å². The Labute approximate surface area is 366 Å². The summed E-state index contributed by atoms with van der Waals surface area (Å²) in [5, 5.41) is 0. The van der Waals surface area contributed by atoms with Crippen molar-refractivity contribution in [2.75, 3.05) is 13.1 Å². The Bertz CT molecular complexity index is 1380. The largest absolute Gasteiger partial charge is 0.444 e. The van der Waals surface area contributed by atoms with Crippen molar-refractivity contribution in [3.05, 3.63) is 58.2 Å². The molecule has 2 aromatic heterocycles. The van der Waals surface area contributed by atoms with Crippen molar-refractivity contribution in [2.24, 2.45) is 0 Å². The second-order valence-electron chi connectivity index (χ2n) is 19.4. The topological polar surface area (TPSA) is 37.3 Å². The lowest BCUT2D eigenvalue weighted by molar-refractivity contribution is -0.710. The second-order valence-corrected chi connectivity index (χ2v) is 19.4. The summed E-state index contributed by atoms with van der Waals surface area (Å²) in [5.74, 6) is 0. The number of amides is 1. The smallest absolute Gasteiger partial charge is 0.410 e. The SMILES string of the molecule is CCCCCCCCCCCCCCc1cc(C)cc(C)[n+]1CCCCN(CCC[n+]1c(C)cc(C)cc1CCCCCCCCCCCCCC)C(=O)OC(C)(C)C. The number of nitrogens with zero attached hydrogens (tertiary/aromatic N) is 3. The van der Waals surface area contributed by atoms with Crippen LogP contribution >= 0.6 is 0 Å². The molecule has 0 saturated heterocycles. The van der Waals surface area contributed by atoms with Gasteiger partial charge in [0.15, 0.2) is 29.3 Å². The zero-order valence-electron chi connectivity index (χ0n) is 40.8. The molecule has 0 fully saturated rings. The Morgan fingerprint density at radius 2 is 0.814 bits per heavy atom. The molecule has 2 heterocycles. The molecule has 0 radical (unpaired) electrons. The van der Waals surface area contributed by atoms with E-state index in [0.717, 1.165) is 51.7 Å². The number of unbranched alkanes of at least 4 members (excludes halogenated alkanes) is 23. The molecule has 0 unspecified atom stereocenters. The number of aryl methyl sites for hydroxylation is 6. The van der Waals surface area contributed by atoms with Gasteiger partial charge in [-0.05, 0) is 65.0 Å². The summed E-state index contributed by atoms with van der Waals surface area (Å²) < 4.78 is 11.0. The molecular formula is C54H97N3O2+2. The summed E-state index contributed by atoms with van der Waals surface area (Å²) >= 11 is 0. The summed E-state index contributed by atoms with van der Waals surface area (Å²) in [4.78, 5) is 15.5. The van der Waals surface area contributed by atoms with Crippen LogP contribution in [-0.2, 0) is 30.7 Å². The lowest BCUT2D eigenvalue weighted by Gasteiger charge is -2.27. The highest BCUT2D eigenvalue weighted by molar-refractivity contribution is 5.68. The third-order valence-electron chi connectivity index (χ3n) is 12.3. The van der Waals surface area contributed by atoms with Crippen molar-refractivity contribution < 1.29 is 18.7 Å². The van der Waals surface area contributed by atoms with Crippen molar-refractivity contribution in [2.45, 2.75) is 267 Å². The van der Waals surface area contributed by atoms with E-state index in [1.807, 2.05) is 25.7 Å². The normalized spacial score (nSPS) is 11.7. The maximum Gasteiger partial charge on any atom is 0.410 e. The molecular weight excluding hydrogens is 723 g/mol. The minimum atomic E-state index is -0.503. The van der Waals surface area contributed by atoms with Crippen molar-refractivity contribution in [1.29, 1.82) is 0 Å². The van der Waals surface area contributed by atoms with E-state index in [0.29, 0.717) is 6.54 Å². The number of hydrogen-bond donors (Lipinski definition) is 0. The molecule has 0 aromatic carbocycles. The highest BCUT2D eigenvalue weighted by Gasteiger charge is 2.24. The molecule has 5 nitrogen and oxygen atoms in total. The van der Waals surface area contributed by atoms with Crippen LogP contribution in [0.2, 0.25) is 0 Å². The lowest BCUT2D eigenvalue weighted by atomic mass is 10.0. The van der Waals surface area contributed by atoms with Gasteiger partial charge in [-0.15, -0.1) is 0 Å². The summed E-state index contributed by atoms with van der Waals surface area (Å²) in [6.45, 7) is 22.9. The molecule has 0 aliphatic rings. The summed E-state index contributed by atoms with van der Waals surface area (Å²) in [6, 6.07) is 9.45. The van der Waals surface area contributed by atoms with Gasteiger partial charge in [-0.25, -0.2) is 9.36 Å². The predicted octanol–water partition coefficient (Wildman–Crippen LogP) is 15.1. The van der Waals surface area contributed by atoms with Crippen LogP contribution in [0.3, 0.4) is 0 Å². The maximum absolute atomic E-state index is 13.5. The van der Waals surface area contributed by atoms with Crippen LogP contribution in [0.25, 0.3) is 0 Å². The van der Waals surface area contributed by atoms with Crippen molar-refractivity contribution in [1.82, 2.24) is 4.90 Å². The fourth-order valence-corrected chi connectivity index (χ4v) is 8.99. The minimum absolute atomic E-state index is 0.174. The Balaban J connectivity index is 1.85. The minimum Gasteiger partial charge on any atom is -0.444 e. The third-order valence-corrected chi connectivity index (χ3v) is 12.3. The fraction of sp³-hybridized carbons (Fsp3) is 0.796. The number of aromatic nitrogens is 2. The van der Waals surface area contributed by atoms with Gasteiger partial charge in [0.2, 0.25) is 0 Å². The van der Waals surface area contributed by atoms with E-state index in [4.69, 9.17) is 4.74 Å². The molecule has 0 bridgehead atoms. The van der Waals surface area contributed by atoms with E-state index >= 15 is 0 Å². The standard InChI is InChI=1S/C54H97N3O2/c1-10-12-14-16-18-20-22-24-26-28-30-32-37-51-45-47(3)43-49(5)56(51)41-35-34-39-55(53(58)59-54(7,8)9)40-36-42-57-50(6)44-48(4)46-52(57)38-33-31-29-27-25-23-21-19-17-15-13-11-2/h43-46H,10-42H2,1-9H3/q+2. The van der Waals surface area contributed by atoms with Gasteiger partial charge in [0.1, 0.15) is 12.1 Å². The molecule has 2 rings (SSSR count). The van der Waals surface area contributed by atoms with E-state index in [-0.39, 0.29) is 6.09 Å². The van der Waals surface area contributed by atoms with Crippen LogP contribution in [0.1, 0.15) is 242 Å². The zero-order chi connectivity index (χ0) is 43.1. The second kappa shape index (κ2) is 32.3. The third kappa shape index (κ3) is 25.2. The highest BCUT2D eigenvalue weighted by Crippen LogP contribution is 2.17. The molecule has 0 spiro atoms. The first kappa shape index (κ1) is 52.7. The van der Waals surface area contributed by atoms with Crippen LogP contribution < -0.4 is 9.13 Å². The first-order chi connectivity index (χ1) is 28.4. The van der Waals surface area contributed by atoms with Gasteiger partial charge in [-0.1, -0.05) is 155 Å². The fourth-order valence-electron chi connectivity index (χ4n) is 8.99. The number of carbonyl (C=O) groups is 1. The quantitative estimate of drug-likeness (QED) is 0.0513. The molecule has 338 valence electrons. The highest BCUT2D eigenvalue weighted by atomic mass is 16.6. The van der Waals surface area contributed by atoms with Crippen molar-refractivity contribution in [3.8, 4) is 0 Å². The number of carbonyl (C=O) groups excluding carboxylic acids is 1. The number of ether oxygens (including phenoxy) is 1. The predicted molar refractivity (Wildman–Crippen MR) is 253 cm³/mol. The molecule has 2 aromatic rings. The van der Waals surface area contributed by atoms with Crippen LogP contribution in [-0.4, -0.2) is 29.7 Å². The van der Waals surface area contributed by atoms with Gasteiger partial charge in [0.25, 0.3) is 0 Å². The Kier molecular flexibility index (Phi) is 28.9. The van der Waals surface area contributed by atoms with E-state index in [1.54, 1.807) is 0 Å². The monoisotopic (exact) mass is 820 g/mol. The van der Waals surface area contributed by atoms with E-state index < -0.39 is 5.60 Å². The molecule has 0 aliphatic heterocycles. The van der Waals surface area contributed by atoms with Crippen LogP contribution in [0.4, 0.5) is 4.79 Å². The molecule has 5 heteroatoms. The van der Waals surface area contributed by atoms with Gasteiger partial charge in [0, 0.05) is 76.9 Å². The van der Waals surface area contributed by atoms with Crippen molar-refractivity contribution >= 4 is 6.09 Å². The number of pyridine rings is 2. The maximum atomic E-state index is 13.5. The number of rotatable bonds is 35. The Morgan fingerprint density at radius 1 is 0.475 bits per heavy atom. The Morgan fingerprint density at radius 3 is 1.19 bits per heavy atom. The van der Waals surface area contributed by atoms with E-state index in [1.165, 1.54) is 188 Å². The van der Waals surface area contributed by atoms with Gasteiger partial charge in [0.05, 0.1) is 0 Å².